The predicted octanol–water partition coefficient (Wildman–Crippen LogP) is 4.14. The first-order valence-electron chi connectivity index (χ1n) is 10.1. The van der Waals surface area contributed by atoms with Gasteiger partial charge < -0.3 is 9.32 Å². The average molecular weight is 373 g/mol. The van der Waals surface area contributed by atoms with Gasteiger partial charge in [0.05, 0.1) is 5.56 Å². The number of hydrogen-bond donors (Lipinski definition) is 0. The fourth-order valence-corrected chi connectivity index (χ4v) is 4.23. The summed E-state index contributed by atoms with van der Waals surface area (Å²) in [6.07, 6.45) is 7.09. The van der Waals surface area contributed by atoms with E-state index in [1.54, 1.807) is 11.5 Å². The summed E-state index contributed by atoms with van der Waals surface area (Å²) in [6.45, 7) is 10.5. The Kier molecular flexibility index (Phi) is 5.72. The monoisotopic (exact) mass is 373 g/mol. The van der Waals surface area contributed by atoms with Gasteiger partial charge in [-0.25, -0.2) is 4.98 Å². The van der Waals surface area contributed by atoms with Crippen LogP contribution in [-0.2, 0) is 6.54 Å². The Balaban J connectivity index is 2.09. The molecule has 2 aromatic heterocycles. The zero-order valence-corrected chi connectivity index (χ0v) is 17.1. The van der Waals surface area contributed by atoms with Crippen LogP contribution in [0, 0.1) is 12.8 Å². The molecule has 0 atom stereocenters. The SMILES string of the molecule is Cc1oc2ncn(CC(C)C)c(=O)c2c1C(=O)N(C(C)C)C1CCCCC1. The van der Waals surface area contributed by atoms with Gasteiger partial charge in [-0.15, -0.1) is 0 Å². The summed E-state index contributed by atoms with van der Waals surface area (Å²) < 4.78 is 7.29. The summed E-state index contributed by atoms with van der Waals surface area (Å²) in [5, 5.41) is 0.321. The lowest BCUT2D eigenvalue weighted by Gasteiger charge is -2.37. The summed E-state index contributed by atoms with van der Waals surface area (Å²) in [6, 6.07) is 0.296. The van der Waals surface area contributed by atoms with Crippen molar-refractivity contribution in [2.24, 2.45) is 5.92 Å². The van der Waals surface area contributed by atoms with Crippen LogP contribution in [0.5, 0.6) is 0 Å². The quantitative estimate of drug-likeness (QED) is 0.790. The second-order valence-corrected chi connectivity index (χ2v) is 8.41. The summed E-state index contributed by atoms with van der Waals surface area (Å²) in [5.74, 6) is 0.682. The number of hydrogen-bond acceptors (Lipinski definition) is 4. The Morgan fingerprint density at radius 2 is 1.93 bits per heavy atom. The summed E-state index contributed by atoms with van der Waals surface area (Å²) >= 11 is 0. The van der Waals surface area contributed by atoms with Gasteiger partial charge in [0.1, 0.15) is 17.5 Å². The molecule has 2 aromatic rings. The van der Waals surface area contributed by atoms with E-state index < -0.39 is 0 Å². The highest BCUT2D eigenvalue weighted by atomic mass is 16.3. The lowest BCUT2D eigenvalue weighted by atomic mass is 9.92. The first-order valence-corrected chi connectivity index (χ1v) is 10.1. The van der Waals surface area contributed by atoms with Crippen molar-refractivity contribution >= 4 is 17.0 Å². The molecular formula is C21H31N3O3. The van der Waals surface area contributed by atoms with Crippen LogP contribution in [0.25, 0.3) is 11.1 Å². The maximum atomic E-state index is 13.6. The molecule has 2 heterocycles. The Morgan fingerprint density at radius 1 is 1.26 bits per heavy atom. The summed E-state index contributed by atoms with van der Waals surface area (Å²) in [5.41, 5.74) is 0.453. The minimum atomic E-state index is -0.193. The van der Waals surface area contributed by atoms with Gasteiger partial charge in [0.15, 0.2) is 0 Å². The van der Waals surface area contributed by atoms with Crippen LogP contribution >= 0.6 is 0 Å². The second kappa shape index (κ2) is 7.87. The van der Waals surface area contributed by atoms with E-state index in [-0.39, 0.29) is 29.3 Å². The third-order valence-electron chi connectivity index (χ3n) is 5.39. The van der Waals surface area contributed by atoms with Crippen LogP contribution < -0.4 is 5.56 Å². The van der Waals surface area contributed by atoms with Crippen molar-refractivity contribution in [3.63, 3.8) is 0 Å². The van der Waals surface area contributed by atoms with Crippen LogP contribution in [0.1, 0.15) is 75.9 Å². The summed E-state index contributed by atoms with van der Waals surface area (Å²) in [4.78, 5) is 32.9. The molecule has 1 amide bonds. The van der Waals surface area contributed by atoms with Crippen molar-refractivity contribution in [3.05, 3.63) is 28.0 Å². The van der Waals surface area contributed by atoms with Crippen LogP contribution in [0.15, 0.2) is 15.5 Å². The lowest BCUT2D eigenvalue weighted by Crippen LogP contribution is -2.46. The molecule has 0 unspecified atom stereocenters. The zero-order valence-electron chi connectivity index (χ0n) is 17.1. The second-order valence-electron chi connectivity index (χ2n) is 8.41. The van der Waals surface area contributed by atoms with E-state index in [9.17, 15) is 9.59 Å². The number of nitrogens with zero attached hydrogens (tertiary/aromatic N) is 3. The number of furan rings is 1. The van der Waals surface area contributed by atoms with E-state index in [1.165, 1.54) is 12.7 Å². The fourth-order valence-electron chi connectivity index (χ4n) is 4.23. The summed E-state index contributed by atoms with van der Waals surface area (Å²) in [7, 11) is 0. The third-order valence-corrected chi connectivity index (χ3v) is 5.39. The Hall–Kier alpha value is -2.11. The zero-order chi connectivity index (χ0) is 19.7. The predicted molar refractivity (Wildman–Crippen MR) is 106 cm³/mol. The van der Waals surface area contributed by atoms with Crippen LogP contribution in [0.3, 0.4) is 0 Å². The number of carbonyl (C=O) groups excluding carboxylic acids is 1. The number of fused-ring (bicyclic) bond motifs is 1. The first kappa shape index (κ1) is 19.6. The van der Waals surface area contributed by atoms with Crippen LogP contribution in [0.2, 0.25) is 0 Å². The van der Waals surface area contributed by atoms with E-state index in [0.29, 0.717) is 29.2 Å². The number of carbonyl (C=O) groups is 1. The molecule has 1 aliphatic carbocycles. The van der Waals surface area contributed by atoms with Crippen molar-refractivity contribution in [1.29, 1.82) is 0 Å². The molecule has 0 spiro atoms. The average Bonchev–Trinajstić information content (AvgIpc) is 2.94. The molecule has 1 aliphatic rings. The smallest absolute Gasteiger partial charge is 0.265 e. The molecule has 1 fully saturated rings. The highest BCUT2D eigenvalue weighted by Gasteiger charge is 2.33. The Bertz CT molecular complexity index is 873. The number of aromatic nitrogens is 2. The van der Waals surface area contributed by atoms with Gasteiger partial charge in [0.2, 0.25) is 5.71 Å². The van der Waals surface area contributed by atoms with Gasteiger partial charge in [-0.1, -0.05) is 33.1 Å². The number of aryl methyl sites for hydroxylation is 1. The van der Waals surface area contributed by atoms with Crippen LogP contribution in [0.4, 0.5) is 0 Å². The first-order chi connectivity index (χ1) is 12.8. The van der Waals surface area contributed by atoms with Crippen molar-refractivity contribution in [3.8, 4) is 0 Å². The standard InChI is InChI=1S/C21H31N3O3/c1-13(2)11-23-12-22-19-18(20(23)25)17(15(5)27-19)21(26)24(14(3)4)16-9-7-6-8-10-16/h12-14,16H,6-11H2,1-5H3. The number of rotatable bonds is 5. The van der Waals surface area contributed by atoms with Gasteiger partial charge in [-0.3, -0.25) is 14.2 Å². The van der Waals surface area contributed by atoms with E-state index in [2.05, 4.69) is 4.98 Å². The molecule has 0 aromatic carbocycles. The van der Waals surface area contributed by atoms with E-state index in [0.717, 1.165) is 25.7 Å². The molecule has 6 heteroatoms. The maximum absolute atomic E-state index is 13.6. The van der Waals surface area contributed by atoms with E-state index >= 15 is 0 Å². The topological polar surface area (TPSA) is 68.3 Å². The third kappa shape index (κ3) is 3.80. The van der Waals surface area contributed by atoms with Gasteiger partial charge >= 0.3 is 0 Å². The van der Waals surface area contributed by atoms with Gasteiger partial charge in [0.25, 0.3) is 11.5 Å². The normalized spacial score (nSPS) is 15.8. The van der Waals surface area contributed by atoms with E-state index in [1.807, 2.05) is 32.6 Å². The van der Waals surface area contributed by atoms with Crippen molar-refractivity contribution in [2.75, 3.05) is 0 Å². The molecule has 0 radical (unpaired) electrons. The Morgan fingerprint density at radius 3 is 2.52 bits per heavy atom. The van der Waals surface area contributed by atoms with Gasteiger partial charge in [-0.2, -0.15) is 0 Å². The molecule has 6 nitrogen and oxygen atoms in total. The molecule has 0 aliphatic heterocycles. The molecule has 27 heavy (non-hydrogen) atoms. The molecule has 148 valence electrons. The largest absolute Gasteiger partial charge is 0.442 e. The molecule has 0 bridgehead atoms. The van der Waals surface area contributed by atoms with Crippen molar-refractivity contribution < 1.29 is 9.21 Å². The molecule has 0 saturated heterocycles. The lowest BCUT2D eigenvalue weighted by molar-refractivity contribution is 0.0555. The molecule has 3 rings (SSSR count). The highest BCUT2D eigenvalue weighted by Crippen LogP contribution is 2.29. The number of amides is 1. The molecule has 0 N–H and O–H groups in total. The molecular weight excluding hydrogens is 342 g/mol. The van der Waals surface area contributed by atoms with Crippen molar-refractivity contribution in [2.45, 2.75) is 85.4 Å². The highest BCUT2D eigenvalue weighted by molar-refractivity contribution is 6.06. The minimum Gasteiger partial charge on any atom is -0.442 e. The van der Waals surface area contributed by atoms with E-state index in [4.69, 9.17) is 4.42 Å². The van der Waals surface area contributed by atoms with Gasteiger partial charge in [-0.05, 0) is 39.5 Å². The minimum absolute atomic E-state index is 0.0690. The van der Waals surface area contributed by atoms with Gasteiger partial charge in [0, 0.05) is 18.6 Å². The fraction of sp³-hybridized carbons (Fsp3) is 0.667. The Labute approximate surface area is 160 Å². The maximum Gasteiger partial charge on any atom is 0.265 e. The van der Waals surface area contributed by atoms with Crippen LogP contribution in [-0.4, -0.2) is 32.4 Å². The molecule has 1 saturated carbocycles. The van der Waals surface area contributed by atoms with Crippen molar-refractivity contribution in [1.82, 2.24) is 14.5 Å².